The van der Waals surface area contributed by atoms with Crippen molar-refractivity contribution in [2.45, 2.75) is 49.6 Å². The quantitative estimate of drug-likeness (QED) is 0.591. The van der Waals surface area contributed by atoms with Crippen LogP contribution in [0.4, 0.5) is 18.9 Å². The molecule has 0 aliphatic carbocycles. The number of carbonyl (C=O) groups is 1. The van der Waals surface area contributed by atoms with Gasteiger partial charge in [-0.3, -0.25) is 15.6 Å². The number of nitrogens with one attached hydrogen (secondary N) is 2. The van der Waals surface area contributed by atoms with Gasteiger partial charge in [0.1, 0.15) is 0 Å². The second-order valence-corrected chi connectivity index (χ2v) is 9.62. The summed E-state index contributed by atoms with van der Waals surface area (Å²) in [6.07, 6.45) is -0.420. The van der Waals surface area contributed by atoms with Crippen molar-refractivity contribution in [3.8, 4) is 0 Å². The van der Waals surface area contributed by atoms with E-state index in [-0.39, 0.29) is 17.0 Å². The molecule has 0 radical (unpaired) electrons. The second kappa shape index (κ2) is 10.4. The van der Waals surface area contributed by atoms with E-state index in [1.807, 2.05) is 0 Å². The van der Waals surface area contributed by atoms with E-state index in [4.69, 9.17) is 0 Å². The fourth-order valence-corrected chi connectivity index (χ4v) is 5.07. The van der Waals surface area contributed by atoms with Gasteiger partial charge in [-0.2, -0.15) is 17.5 Å². The van der Waals surface area contributed by atoms with E-state index in [0.29, 0.717) is 19.5 Å². The normalized spacial score (nSPS) is 15.7. The molecule has 1 aliphatic rings. The van der Waals surface area contributed by atoms with Crippen molar-refractivity contribution < 1.29 is 26.4 Å². The number of aryl methyl sites for hydroxylation is 1. The van der Waals surface area contributed by atoms with Gasteiger partial charge in [-0.1, -0.05) is 37.1 Å². The van der Waals surface area contributed by atoms with Crippen LogP contribution in [0.25, 0.3) is 0 Å². The summed E-state index contributed by atoms with van der Waals surface area (Å²) in [6, 6.07) is 11.2. The van der Waals surface area contributed by atoms with E-state index in [1.165, 1.54) is 34.6 Å². The number of alkyl halides is 3. The van der Waals surface area contributed by atoms with Gasteiger partial charge in [0.05, 0.1) is 16.1 Å². The van der Waals surface area contributed by atoms with Gasteiger partial charge in [0, 0.05) is 19.5 Å². The molecule has 0 aromatic heterocycles. The maximum absolute atomic E-state index is 13.0. The molecule has 6 nitrogen and oxygen atoms in total. The average Bonchev–Trinajstić information content (AvgIpc) is 3.06. The van der Waals surface area contributed by atoms with Gasteiger partial charge in [-0.15, -0.1) is 0 Å². The first-order chi connectivity index (χ1) is 15.2. The third-order valence-corrected chi connectivity index (χ3v) is 7.25. The first-order valence-electron chi connectivity index (χ1n) is 10.5. The highest BCUT2D eigenvalue weighted by atomic mass is 32.2. The molecule has 1 fully saturated rings. The van der Waals surface area contributed by atoms with Crippen LogP contribution in [0.1, 0.15) is 43.2 Å². The summed E-state index contributed by atoms with van der Waals surface area (Å²) in [7, 11) is -3.54. The molecular formula is C22H26F3N3O3S. The number of anilines is 1. The van der Waals surface area contributed by atoms with Crippen LogP contribution < -0.4 is 10.9 Å². The summed E-state index contributed by atoms with van der Waals surface area (Å²) in [5.74, 6) is -0.483. The molecule has 1 aliphatic heterocycles. The molecule has 2 aromatic rings. The number of hydrazine groups is 1. The van der Waals surface area contributed by atoms with Crippen molar-refractivity contribution in [3.63, 3.8) is 0 Å². The lowest BCUT2D eigenvalue weighted by Gasteiger charge is -2.20. The summed E-state index contributed by atoms with van der Waals surface area (Å²) in [5.41, 5.74) is 4.24. The van der Waals surface area contributed by atoms with Crippen LogP contribution in [-0.2, 0) is 27.4 Å². The summed E-state index contributed by atoms with van der Waals surface area (Å²) < 4.78 is 66.1. The maximum Gasteiger partial charge on any atom is 0.418 e. The summed E-state index contributed by atoms with van der Waals surface area (Å²) in [6.45, 7) is 1.05. The van der Waals surface area contributed by atoms with Crippen molar-refractivity contribution in [1.82, 2.24) is 9.73 Å². The number of hydrogen-bond donors (Lipinski definition) is 2. The van der Waals surface area contributed by atoms with Crippen LogP contribution in [0, 0.1) is 0 Å². The number of sulfonamides is 1. The summed E-state index contributed by atoms with van der Waals surface area (Å²) >= 11 is 0. The van der Waals surface area contributed by atoms with Gasteiger partial charge >= 0.3 is 6.18 Å². The molecule has 2 N–H and O–H groups in total. The predicted molar refractivity (Wildman–Crippen MR) is 115 cm³/mol. The number of amides is 1. The van der Waals surface area contributed by atoms with Gasteiger partial charge in [-0.05, 0) is 49.1 Å². The Kier molecular flexibility index (Phi) is 7.78. The minimum absolute atomic E-state index is 0.0272. The highest BCUT2D eigenvalue weighted by Crippen LogP contribution is 2.34. The number of hydrogen-bond acceptors (Lipinski definition) is 4. The Balaban J connectivity index is 1.54. The van der Waals surface area contributed by atoms with E-state index < -0.39 is 27.7 Å². The van der Waals surface area contributed by atoms with Crippen molar-refractivity contribution in [2.75, 3.05) is 18.5 Å². The maximum atomic E-state index is 13.0. The molecule has 0 spiro atoms. The molecule has 1 saturated heterocycles. The van der Waals surface area contributed by atoms with Gasteiger partial charge in [0.15, 0.2) is 0 Å². The summed E-state index contributed by atoms with van der Waals surface area (Å²) in [5, 5.41) is 0. The molecular weight excluding hydrogens is 443 g/mol. The lowest BCUT2D eigenvalue weighted by atomic mass is 10.1. The minimum atomic E-state index is -4.54. The number of para-hydroxylation sites is 1. The van der Waals surface area contributed by atoms with E-state index in [9.17, 15) is 26.4 Å². The van der Waals surface area contributed by atoms with Crippen LogP contribution in [-0.4, -0.2) is 31.7 Å². The van der Waals surface area contributed by atoms with Crippen molar-refractivity contribution in [3.05, 3.63) is 59.7 Å². The molecule has 10 heteroatoms. The Morgan fingerprint density at radius 3 is 2.19 bits per heavy atom. The number of halogens is 3. The fourth-order valence-electron chi connectivity index (χ4n) is 3.56. The van der Waals surface area contributed by atoms with Gasteiger partial charge in [0.25, 0.3) is 0 Å². The minimum Gasteiger partial charge on any atom is -0.298 e. The molecule has 0 unspecified atom stereocenters. The molecule has 0 bridgehead atoms. The zero-order valence-electron chi connectivity index (χ0n) is 17.5. The van der Waals surface area contributed by atoms with Crippen LogP contribution >= 0.6 is 0 Å². The van der Waals surface area contributed by atoms with Crippen LogP contribution in [0.3, 0.4) is 0 Å². The first-order valence-corrected chi connectivity index (χ1v) is 11.9. The Hall–Kier alpha value is -2.59. The Morgan fingerprint density at radius 2 is 1.56 bits per heavy atom. The molecule has 32 heavy (non-hydrogen) atoms. The Morgan fingerprint density at radius 1 is 0.938 bits per heavy atom. The zero-order chi connectivity index (χ0) is 23.2. The van der Waals surface area contributed by atoms with E-state index in [2.05, 4.69) is 10.9 Å². The van der Waals surface area contributed by atoms with Gasteiger partial charge in [-0.25, -0.2) is 8.42 Å². The van der Waals surface area contributed by atoms with Crippen molar-refractivity contribution in [2.24, 2.45) is 0 Å². The smallest absolute Gasteiger partial charge is 0.298 e. The monoisotopic (exact) mass is 469 g/mol. The standard InChI is InChI=1S/C22H26F3N3O3S/c23-22(24,25)19-7-3-4-8-20(19)26-27-21(29)14-11-17-9-12-18(13-10-17)32(30,31)28-15-5-1-2-6-16-28/h3-4,7-10,12-13,26H,1-2,5-6,11,14-16H2,(H,27,29). The highest BCUT2D eigenvalue weighted by molar-refractivity contribution is 7.89. The third kappa shape index (κ3) is 6.23. The first kappa shape index (κ1) is 24.1. The Labute approximate surface area is 185 Å². The zero-order valence-corrected chi connectivity index (χ0v) is 18.3. The molecule has 1 heterocycles. The Bertz CT molecular complexity index is 1020. The largest absolute Gasteiger partial charge is 0.418 e. The van der Waals surface area contributed by atoms with E-state index >= 15 is 0 Å². The number of benzene rings is 2. The third-order valence-electron chi connectivity index (χ3n) is 5.34. The fraction of sp³-hybridized carbons (Fsp3) is 0.409. The SMILES string of the molecule is O=C(CCc1ccc(S(=O)(=O)N2CCCCCC2)cc1)NNc1ccccc1C(F)(F)F. The lowest BCUT2D eigenvalue weighted by Crippen LogP contribution is -2.32. The van der Waals surface area contributed by atoms with E-state index in [1.54, 1.807) is 12.1 Å². The predicted octanol–water partition coefficient (Wildman–Crippen LogP) is 4.35. The molecule has 0 atom stereocenters. The van der Waals surface area contributed by atoms with Crippen molar-refractivity contribution in [1.29, 1.82) is 0 Å². The highest BCUT2D eigenvalue weighted by Gasteiger charge is 2.33. The molecule has 1 amide bonds. The lowest BCUT2D eigenvalue weighted by molar-refractivity contribution is -0.137. The van der Waals surface area contributed by atoms with Gasteiger partial charge < -0.3 is 0 Å². The number of carbonyl (C=O) groups excluding carboxylic acids is 1. The summed E-state index contributed by atoms with van der Waals surface area (Å²) in [4.78, 5) is 12.3. The number of rotatable bonds is 7. The molecule has 0 saturated carbocycles. The van der Waals surface area contributed by atoms with Gasteiger partial charge in [0.2, 0.25) is 15.9 Å². The average molecular weight is 470 g/mol. The van der Waals surface area contributed by atoms with Crippen LogP contribution in [0.5, 0.6) is 0 Å². The van der Waals surface area contributed by atoms with E-state index in [0.717, 1.165) is 37.3 Å². The second-order valence-electron chi connectivity index (χ2n) is 7.68. The topological polar surface area (TPSA) is 78.5 Å². The number of nitrogens with zero attached hydrogens (tertiary/aromatic N) is 1. The van der Waals surface area contributed by atoms with Crippen molar-refractivity contribution >= 4 is 21.6 Å². The van der Waals surface area contributed by atoms with Crippen LogP contribution in [0.15, 0.2) is 53.4 Å². The molecule has 174 valence electrons. The van der Waals surface area contributed by atoms with Crippen LogP contribution in [0.2, 0.25) is 0 Å². The molecule has 2 aromatic carbocycles. The molecule has 3 rings (SSSR count).